The lowest BCUT2D eigenvalue weighted by Crippen LogP contribution is -2.13. The van der Waals surface area contributed by atoms with Crippen LogP contribution in [0.4, 0.5) is 0 Å². The highest BCUT2D eigenvalue weighted by atomic mass is 16.5. The van der Waals surface area contributed by atoms with E-state index in [1.807, 2.05) is 0 Å². The fourth-order valence-electron chi connectivity index (χ4n) is 4.51. The number of carbonyl (C=O) groups excluding carboxylic acids is 1. The molecule has 0 aromatic carbocycles. The first-order chi connectivity index (χ1) is 17.6. The van der Waals surface area contributed by atoms with Gasteiger partial charge in [-0.1, -0.05) is 101 Å². The number of nitrogens with zero attached hydrogens (tertiary/aromatic N) is 3. The van der Waals surface area contributed by atoms with Crippen LogP contribution in [0.1, 0.15) is 147 Å². The van der Waals surface area contributed by atoms with E-state index >= 15 is 0 Å². The Labute approximate surface area is 238 Å². The summed E-state index contributed by atoms with van der Waals surface area (Å²) in [5.74, 6) is 2.09. The van der Waals surface area contributed by atoms with E-state index in [1.165, 1.54) is 25.7 Å². The van der Waals surface area contributed by atoms with E-state index in [9.17, 15) is 4.79 Å². The molecule has 1 unspecified atom stereocenters. The zero-order valence-corrected chi connectivity index (χ0v) is 25.8. The van der Waals surface area contributed by atoms with Crippen LogP contribution >= 0.6 is 0 Å². The Morgan fingerprint density at radius 3 is 1.18 bits per heavy atom. The summed E-state index contributed by atoms with van der Waals surface area (Å²) in [5.41, 5.74) is 0. The van der Waals surface area contributed by atoms with Crippen molar-refractivity contribution in [1.29, 1.82) is 15.8 Å². The molecule has 222 valence electrons. The maximum atomic E-state index is 11.2. The lowest BCUT2D eigenvalue weighted by molar-refractivity contribution is -0.143. The highest BCUT2D eigenvalue weighted by Crippen LogP contribution is 2.20. The first-order valence-corrected chi connectivity index (χ1v) is 15.0. The van der Waals surface area contributed by atoms with Gasteiger partial charge in [-0.15, -0.1) is 0 Å². The van der Waals surface area contributed by atoms with Gasteiger partial charge in [-0.25, -0.2) is 0 Å². The topological polar surface area (TPSA) is 97.7 Å². The van der Waals surface area contributed by atoms with E-state index in [2.05, 4.69) is 73.6 Å². The SMILES string of the molecule is C.CCC[C@@H](C)CC(C#N)CC(=O)OCC.CCC[C@@H](C)C[C@@H](C#N)CC.CCC[C@@H](C)C[C@H](C#N)CC. The average molecular weight is 534 g/mol. The van der Waals surface area contributed by atoms with Gasteiger partial charge in [0.05, 0.1) is 37.2 Å². The molecule has 38 heavy (non-hydrogen) atoms. The quantitative estimate of drug-likeness (QED) is 0.173. The van der Waals surface area contributed by atoms with Crippen LogP contribution in [-0.2, 0) is 9.53 Å². The normalized spacial score (nSPS) is 14.5. The van der Waals surface area contributed by atoms with Crippen molar-refractivity contribution < 1.29 is 9.53 Å². The van der Waals surface area contributed by atoms with Crippen LogP contribution in [-0.4, -0.2) is 12.6 Å². The predicted molar refractivity (Wildman–Crippen MR) is 162 cm³/mol. The fraction of sp³-hybridized carbons (Fsp3) is 0.879. The first kappa shape index (κ1) is 43.0. The van der Waals surface area contributed by atoms with Gasteiger partial charge in [0.25, 0.3) is 0 Å². The summed E-state index contributed by atoms with van der Waals surface area (Å²) in [5, 5.41) is 26.3. The monoisotopic (exact) mass is 533 g/mol. The molecule has 6 atom stereocenters. The zero-order valence-electron chi connectivity index (χ0n) is 25.8. The van der Waals surface area contributed by atoms with Crippen molar-refractivity contribution in [2.24, 2.45) is 35.5 Å². The molecule has 0 aromatic heterocycles. The van der Waals surface area contributed by atoms with Crippen molar-refractivity contribution in [2.75, 3.05) is 6.61 Å². The maximum absolute atomic E-state index is 11.2. The summed E-state index contributed by atoms with van der Waals surface area (Å²) in [4.78, 5) is 11.2. The molecular formula is C33H63N3O2. The van der Waals surface area contributed by atoms with Crippen LogP contribution in [0.25, 0.3) is 0 Å². The average Bonchev–Trinajstić information content (AvgIpc) is 2.86. The number of hydrogen-bond acceptors (Lipinski definition) is 5. The molecule has 0 fully saturated rings. The van der Waals surface area contributed by atoms with Gasteiger partial charge in [-0.2, -0.15) is 15.8 Å². The van der Waals surface area contributed by atoms with Gasteiger partial charge >= 0.3 is 5.97 Å². The molecule has 0 saturated carbocycles. The van der Waals surface area contributed by atoms with E-state index in [4.69, 9.17) is 20.5 Å². The third kappa shape index (κ3) is 28.5. The lowest BCUT2D eigenvalue weighted by atomic mass is 9.91. The molecule has 0 aliphatic rings. The summed E-state index contributed by atoms with van der Waals surface area (Å²) in [7, 11) is 0. The first-order valence-electron chi connectivity index (χ1n) is 15.0. The molecule has 5 heteroatoms. The number of rotatable bonds is 17. The highest BCUT2D eigenvalue weighted by Gasteiger charge is 2.17. The summed E-state index contributed by atoms with van der Waals surface area (Å²) < 4.78 is 4.83. The van der Waals surface area contributed by atoms with Crippen LogP contribution < -0.4 is 0 Å². The smallest absolute Gasteiger partial charge is 0.307 e. The number of esters is 1. The minimum absolute atomic E-state index is 0. The molecular weight excluding hydrogens is 470 g/mol. The van der Waals surface area contributed by atoms with E-state index < -0.39 is 0 Å². The van der Waals surface area contributed by atoms with E-state index in [0.29, 0.717) is 12.5 Å². The Hall–Kier alpha value is -2.06. The third-order valence-electron chi connectivity index (χ3n) is 6.66. The molecule has 0 aromatic rings. The minimum atomic E-state index is -0.257. The Morgan fingerprint density at radius 1 is 0.632 bits per heavy atom. The largest absolute Gasteiger partial charge is 0.466 e. The third-order valence-corrected chi connectivity index (χ3v) is 6.66. The van der Waals surface area contributed by atoms with E-state index in [0.717, 1.165) is 56.8 Å². The summed E-state index contributed by atoms with van der Waals surface area (Å²) in [6, 6.07) is 6.86. The summed E-state index contributed by atoms with van der Waals surface area (Å²) in [6.45, 7) is 19.5. The van der Waals surface area contributed by atoms with Crippen LogP contribution in [0.15, 0.2) is 0 Å². The fourth-order valence-corrected chi connectivity index (χ4v) is 4.51. The highest BCUT2D eigenvalue weighted by molar-refractivity contribution is 5.70. The predicted octanol–water partition coefficient (Wildman–Crippen LogP) is 10.3. The van der Waals surface area contributed by atoms with Gasteiger partial charge in [0.2, 0.25) is 0 Å². The van der Waals surface area contributed by atoms with Gasteiger partial charge < -0.3 is 4.74 Å². The van der Waals surface area contributed by atoms with E-state index in [1.54, 1.807) is 6.92 Å². The second-order valence-corrected chi connectivity index (χ2v) is 10.7. The van der Waals surface area contributed by atoms with Crippen molar-refractivity contribution in [3.63, 3.8) is 0 Å². The van der Waals surface area contributed by atoms with Crippen molar-refractivity contribution in [2.45, 2.75) is 147 Å². The lowest BCUT2D eigenvalue weighted by Gasteiger charge is -2.13. The number of nitriles is 3. The van der Waals surface area contributed by atoms with Crippen LogP contribution in [0, 0.1) is 69.5 Å². The van der Waals surface area contributed by atoms with Gasteiger partial charge in [-0.3, -0.25) is 4.79 Å². The number of carbonyl (C=O) groups is 1. The molecule has 0 N–H and O–H groups in total. The molecule has 0 spiro atoms. The molecule has 5 nitrogen and oxygen atoms in total. The van der Waals surface area contributed by atoms with Crippen LogP contribution in [0.2, 0.25) is 0 Å². The Bertz CT molecular complexity index is 612. The van der Waals surface area contributed by atoms with Gasteiger partial charge in [0.1, 0.15) is 0 Å². The van der Waals surface area contributed by atoms with Crippen molar-refractivity contribution in [1.82, 2.24) is 0 Å². The van der Waals surface area contributed by atoms with Gasteiger partial charge in [0.15, 0.2) is 0 Å². The van der Waals surface area contributed by atoms with Crippen molar-refractivity contribution >= 4 is 5.97 Å². The van der Waals surface area contributed by atoms with Crippen LogP contribution in [0.3, 0.4) is 0 Å². The molecule has 0 aliphatic carbocycles. The Morgan fingerprint density at radius 2 is 0.947 bits per heavy atom. The van der Waals surface area contributed by atoms with Crippen molar-refractivity contribution in [3.05, 3.63) is 0 Å². The molecule has 0 aliphatic heterocycles. The summed E-state index contributed by atoms with van der Waals surface area (Å²) in [6.07, 6.45) is 12.4. The molecule has 0 heterocycles. The van der Waals surface area contributed by atoms with Crippen molar-refractivity contribution in [3.8, 4) is 18.2 Å². The Balaban J connectivity index is -0.000000229. The maximum Gasteiger partial charge on any atom is 0.307 e. The molecule has 0 bridgehead atoms. The molecule has 0 radical (unpaired) electrons. The number of hydrogen-bond donors (Lipinski definition) is 0. The van der Waals surface area contributed by atoms with Crippen LogP contribution in [0.5, 0.6) is 0 Å². The zero-order chi connectivity index (χ0) is 29.1. The standard InChI is InChI=1S/C12H21NO2.2C10H19N.CH4/c1-4-6-10(3)7-11(9-13)8-12(14)15-5-2;2*1-4-6-9(3)7-10(5-2)8-11;/h10-11H,4-8H2,1-3H3;2*9-10H,4-7H2,1-3H3;1H4/t10-,11?;9-,10+;9-,10-;/m111./s1. The molecule has 0 saturated heterocycles. The molecule has 0 amide bonds. The summed E-state index contributed by atoms with van der Waals surface area (Å²) >= 11 is 0. The number of ether oxygens (including phenoxy) is 1. The van der Waals surface area contributed by atoms with E-state index in [-0.39, 0.29) is 37.6 Å². The second-order valence-electron chi connectivity index (χ2n) is 10.7. The van der Waals surface area contributed by atoms with Gasteiger partial charge in [0, 0.05) is 11.8 Å². The molecule has 0 rings (SSSR count). The minimum Gasteiger partial charge on any atom is -0.466 e. The Kier molecular flexibility index (Phi) is 35.3. The second kappa shape index (κ2) is 31.2. The van der Waals surface area contributed by atoms with Gasteiger partial charge in [-0.05, 0) is 56.8 Å².